The molecule has 0 aliphatic heterocycles. The molecule has 17 heavy (non-hydrogen) atoms. The maximum absolute atomic E-state index is 11.5. The van der Waals surface area contributed by atoms with E-state index in [9.17, 15) is 9.59 Å². The van der Waals surface area contributed by atoms with Gasteiger partial charge in [0.25, 0.3) is 11.5 Å². The van der Waals surface area contributed by atoms with Gasteiger partial charge in [-0.2, -0.15) is 0 Å². The minimum absolute atomic E-state index is 0.0884. The molecule has 1 amide bonds. The summed E-state index contributed by atoms with van der Waals surface area (Å²) < 4.78 is 0. The molecule has 0 atom stereocenters. The molecule has 0 aliphatic carbocycles. The number of thiophene rings is 1. The summed E-state index contributed by atoms with van der Waals surface area (Å²) in [6, 6.07) is 3.46. The summed E-state index contributed by atoms with van der Waals surface area (Å²) in [6.07, 6.45) is 0. The van der Waals surface area contributed by atoms with Crippen LogP contribution in [0, 0.1) is 6.92 Å². The lowest BCUT2D eigenvalue weighted by molar-refractivity contribution is 0.0966. The smallest absolute Gasteiger partial charge is 0.279 e. The molecule has 8 heteroatoms. The van der Waals surface area contributed by atoms with Crippen LogP contribution in [-0.4, -0.2) is 21.1 Å². The van der Waals surface area contributed by atoms with Gasteiger partial charge in [0.1, 0.15) is 5.69 Å². The average molecular weight is 251 g/mol. The third-order valence-corrected chi connectivity index (χ3v) is 2.77. The van der Waals surface area contributed by atoms with E-state index in [4.69, 9.17) is 0 Å². The fourth-order valence-electron chi connectivity index (χ4n) is 1.03. The number of aromatic amines is 1. The third-order valence-electron chi connectivity index (χ3n) is 1.90. The summed E-state index contributed by atoms with van der Waals surface area (Å²) in [5.41, 5.74) is 4.79. The normalized spacial score (nSPS) is 9.94. The lowest BCUT2D eigenvalue weighted by Gasteiger charge is -2.05. The minimum Gasteiger partial charge on any atom is -0.288 e. The number of hydrogen-bond acceptors (Lipinski definition) is 6. The van der Waals surface area contributed by atoms with Crippen molar-refractivity contribution in [1.29, 1.82) is 0 Å². The molecule has 0 saturated carbocycles. The number of nitrogens with one attached hydrogen (secondary N) is 3. The van der Waals surface area contributed by atoms with Crippen LogP contribution in [0.2, 0.25) is 0 Å². The van der Waals surface area contributed by atoms with E-state index in [2.05, 4.69) is 26.0 Å². The predicted octanol–water partition coefficient (Wildman–Crippen LogP) is 0.292. The molecule has 2 rings (SSSR count). The molecule has 2 aromatic heterocycles. The van der Waals surface area contributed by atoms with Gasteiger partial charge in [0.15, 0.2) is 0 Å². The van der Waals surface area contributed by atoms with Crippen molar-refractivity contribution in [3.63, 3.8) is 0 Å². The molecule has 2 heterocycles. The van der Waals surface area contributed by atoms with Crippen LogP contribution in [-0.2, 0) is 0 Å². The first-order chi connectivity index (χ1) is 8.16. The van der Waals surface area contributed by atoms with Crippen molar-refractivity contribution in [2.45, 2.75) is 6.92 Å². The summed E-state index contributed by atoms with van der Waals surface area (Å²) >= 11 is 1.31. The standard InChI is InChI=1S/C9H9N5O2S/c1-5-7(15)10-9(13-11-5)14-12-8(16)6-3-2-4-17-6/h2-4H,1H3,(H,12,16)(H2,10,13,14,15). The van der Waals surface area contributed by atoms with E-state index in [0.29, 0.717) is 4.88 Å². The van der Waals surface area contributed by atoms with E-state index < -0.39 is 0 Å². The third kappa shape index (κ3) is 2.67. The van der Waals surface area contributed by atoms with Gasteiger partial charge in [0.05, 0.1) is 4.88 Å². The number of rotatable bonds is 3. The van der Waals surface area contributed by atoms with E-state index in [0.717, 1.165) is 0 Å². The lowest BCUT2D eigenvalue weighted by atomic mass is 10.4. The molecule has 0 spiro atoms. The number of aromatic nitrogens is 3. The molecule has 0 radical (unpaired) electrons. The SMILES string of the molecule is Cc1nnc(NNC(=O)c2cccs2)[nH]c1=O. The average Bonchev–Trinajstić information content (AvgIpc) is 2.84. The van der Waals surface area contributed by atoms with Gasteiger partial charge in [-0.15, -0.1) is 21.5 Å². The van der Waals surface area contributed by atoms with E-state index >= 15 is 0 Å². The number of carbonyl (C=O) groups excluding carboxylic acids is 1. The van der Waals surface area contributed by atoms with Crippen LogP contribution in [0.1, 0.15) is 15.4 Å². The van der Waals surface area contributed by atoms with E-state index in [-0.39, 0.29) is 23.1 Å². The van der Waals surface area contributed by atoms with Gasteiger partial charge in [0.2, 0.25) is 5.95 Å². The summed E-state index contributed by atoms with van der Waals surface area (Å²) in [6.45, 7) is 1.54. The number of nitrogens with zero attached hydrogens (tertiary/aromatic N) is 2. The Balaban J connectivity index is 2.01. The highest BCUT2D eigenvalue weighted by Gasteiger charge is 2.06. The van der Waals surface area contributed by atoms with E-state index in [1.807, 2.05) is 0 Å². The molecule has 0 fully saturated rings. The largest absolute Gasteiger partial charge is 0.288 e. The molecule has 0 saturated heterocycles. The van der Waals surface area contributed by atoms with E-state index in [1.165, 1.54) is 11.3 Å². The Kier molecular flexibility index (Phi) is 3.15. The van der Waals surface area contributed by atoms with Crippen molar-refractivity contribution >= 4 is 23.2 Å². The van der Waals surface area contributed by atoms with Gasteiger partial charge >= 0.3 is 0 Å². The number of hydrazine groups is 1. The second-order valence-corrected chi connectivity index (χ2v) is 4.09. The second kappa shape index (κ2) is 4.74. The summed E-state index contributed by atoms with van der Waals surface area (Å²) in [5.74, 6) is -0.214. The quantitative estimate of drug-likeness (QED) is 0.681. The highest BCUT2D eigenvalue weighted by molar-refractivity contribution is 7.12. The Morgan fingerprint density at radius 1 is 1.47 bits per heavy atom. The van der Waals surface area contributed by atoms with Crippen molar-refractivity contribution in [3.8, 4) is 0 Å². The molecule has 88 valence electrons. The Labute approximate surface area is 99.9 Å². The first-order valence-corrected chi connectivity index (χ1v) is 5.58. The zero-order valence-corrected chi connectivity index (χ0v) is 9.67. The molecule has 0 unspecified atom stereocenters. The Morgan fingerprint density at radius 2 is 2.29 bits per heavy atom. The first-order valence-electron chi connectivity index (χ1n) is 4.70. The van der Waals surface area contributed by atoms with Crippen LogP contribution in [0.15, 0.2) is 22.3 Å². The Bertz CT molecular complexity index is 577. The van der Waals surface area contributed by atoms with Crippen molar-refractivity contribution < 1.29 is 4.79 Å². The number of aryl methyl sites for hydroxylation is 1. The predicted molar refractivity (Wildman–Crippen MR) is 62.8 cm³/mol. The zero-order valence-electron chi connectivity index (χ0n) is 8.85. The molecule has 2 aromatic rings. The number of carbonyl (C=O) groups is 1. The number of H-pyrrole nitrogens is 1. The Morgan fingerprint density at radius 3 is 2.94 bits per heavy atom. The summed E-state index contributed by atoms with van der Waals surface area (Å²) in [7, 11) is 0. The van der Waals surface area contributed by atoms with E-state index in [1.54, 1.807) is 24.4 Å². The van der Waals surface area contributed by atoms with Gasteiger partial charge in [-0.3, -0.25) is 25.4 Å². The number of anilines is 1. The fraction of sp³-hybridized carbons (Fsp3) is 0.111. The maximum Gasteiger partial charge on any atom is 0.279 e. The highest BCUT2D eigenvalue weighted by atomic mass is 32.1. The molecular weight excluding hydrogens is 242 g/mol. The second-order valence-electron chi connectivity index (χ2n) is 3.14. The number of amides is 1. The van der Waals surface area contributed by atoms with Crippen molar-refractivity contribution in [3.05, 3.63) is 38.4 Å². The first kappa shape index (κ1) is 11.3. The van der Waals surface area contributed by atoms with Crippen LogP contribution >= 0.6 is 11.3 Å². The van der Waals surface area contributed by atoms with Crippen molar-refractivity contribution in [2.24, 2.45) is 0 Å². The topological polar surface area (TPSA) is 99.8 Å². The number of hydrogen-bond donors (Lipinski definition) is 3. The molecule has 7 nitrogen and oxygen atoms in total. The minimum atomic E-state index is -0.354. The van der Waals surface area contributed by atoms with Crippen molar-refractivity contribution in [1.82, 2.24) is 20.6 Å². The lowest BCUT2D eigenvalue weighted by Crippen LogP contribution is -2.31. The van der Waals surface area contributed by atoms with Gasteiger partial charge in [-0.1, -0.05) is 6.07 Å². The van der Waals surface area contributed by atoms with Crippen LogP contribution < -0.4 is 16.4 Å². The zero-order chi connectivity index (χ0) is 12.3. The van der Waals surface area contributed by atoms with Gasteiger partial charge < -0.3 is 0 Å². The monoisotopic (exact) mass is 251 g/mol. The fourth-order valence-corrected chi connectivity index (χ4v) is 1.65. The van der Waals surface area contributed by atoms with Crippen LogP contribution in [0.5, 0.6) is 0 Å². The van der Waals surface area contributed by atoms with Crippen LogP contribution in [0.4, 0.5) is 5.95 Å². The van der Waals surface area contributed by atoms with Crippen LogP contribution in [0.3, 0.4) is 0 Å². The summed E-state index contributed by atoms with van der Waals surface area (Å²) in [5, 5.41) is 9.07. The van der Waals surface area contributed by atoms with Gasteiger partial charge in [-0.05, 0) is 18.4 Å². The molecule has 0 bridgehead atoms. The maximum atomic E-state index is 11.5. The van der Waals surface area contributed by atoms with Crippen LogP contribution in [0.25, 0.3) is 0 Å². The molecule has 0 aliphatic rings. The highest BCUT2D eigenvalue weighted by Crippen LogP contribution is 2.07. The van der Waals surface area contributed by atoms with Gasteiger partial charge in [0, 0.05) is 0 Å². The molecule has 0 aromatic carbocycles. The Hall–Kier alpha value is -2.22. The van der Waals surface area contributed by atoms with Crippen molar-refractivity contribution in [2.75, 3.05) is 5.43 Å². The molecule has 3 N–H and O–H groups in total. The summed E-state index contributed by atoms with van der Waals surface area (Å²) in [4.78, 5) is 25.7. The molecular formula is C9H9N5O2S. The van der Waals surface area contributed by atoms with Gasteiger partial charge in [-0.25, -0.2) is 0 Å².